The van der Waals surface area contributed by atoms with Crippen molar-refractivity contribution in [3.63, 3.8) is 0 Å². The van der Waals surface area contributed by atoms with Gasteiger partial charge in [-0.05, 0) is 24.3 Å². The molecule has 0 unspecified atom stereocenters. The summed E-state index contributed by atoms with van der Waals surface area (Å²) in [6.45, 7) is 0.878. The van der Waals surface area contributed by atoms with E-state index >= 15 is 0 Å². The Morgan fingerprint density at radius 2 is 1.86 bits per heavy atom. The van der Waals surface area contributed by atoms with Crippen LogP contribution in [0.1, 0.15) is 10.4 Å². The molecule has 6 nitrogen and oxygen atoms in total. The van der Waals surface area contributed by atoms with Crippen molar-refractivity contribution < 1.29 is 14.5 Å². The molecule has 0 spiro atoms. The third kappa shape index (κ3) is 2.43. The fourth-order valence-corrected chi connectivity index (χ4v) is 2.26. The van der Waals surface area contributed by atoms with Crippen molar-refractivity contribution in [3.8, 4) is 5.75 Å². The van der Waals surface area contributed by atoms with Gasteiger partial charge in [0, 0.05) is 17.7 Å². The van der Waals surface area contributed by atoms with Gasteiger partial charge in [-0.1, -0.05) is 12.1 Å². The standard InChI is InChI=1S/C15H12N2O4/c18-15(11-5-7-12(8-6-11)17(19)20)16-9-10-21-14-4-2-1-3-13(14)16/h1-8H,9-10H2. The first-order valence-electron chi connectivity index (χ1n) is 6.45. The number of amides is 1. The molecule has 106 valence electrons. The number of carbonyl (C=O) groups excluding carboxylic acids is 1. The molecule has 0 atom stereocenters. The Kier molecular flexibility index (Phi) is 3.27. The monoisotopic (exact) mass is 284 g/mol. The topological polar surface area (TPSA) is 72.7 Å². The van der Waals surface area contributed by atoms with Gasteiger partial charge < -0.3 is 9.64 Å². The molecule has 0 saturated carbocycles. The molecule has 21 heavy (non-hydrogen) atoms. The number of nitro benzene ring substituents is 1. The maximum atomic E-state index is 12.5. The van der Waals surface area contributed by atoms with Crippen LogP contribution in [0.5, 0.6) is 5.75 Å². The number of nitrogens with zero attached hydrogens (tertiary/aromatic N) is 2. The molecule has 0 saturated heterocycles. The fourth-order valence-electron chi connectivity index (χ4n) is 2.26. The number of nitro groups is 1. The fraction of sp³-hybridized carbons (Fsp3) is 0.133. The lowest BCUT2D eigenvalue weighted by atomic mass is 10.1. The second-order valence-corrected chi connectivity index (χ2v) is 4.58. The van der Waals surface area contributed by atoms with Crippen molar-refractivity contribution in [2.45, 2.75) is 0 Å². The van der Waals surface area contributed by atoms with Crippen LogP contribution < -0.4 is 9.64 Å². The maximum Gasteiger partial charge on any atom is 0.269 e. The van der Waals surface area contributed by atoms with Crippen LogP contribution in [0.4, 0.5) is 11.4 Å². The molecular formula is C15H12N2O4. The normalized spacial score (nSPS) is 13.2. The molecule has 0 bridgehead atoms. The van der Waals surface area contributed by atoms with E-state index in [1.807, 2.05) is 24.3 Å². The minimum atomic E-state index is -0.488. The van der Waals surface area contributed by atoms with Gasteiger partial charge in [0.25, 0.3) is 11.6 Å². The molecule has 0 radical (unpaired) electrons. The molecule has 2 aromatic carbocycles. The molecule has 0 N–H and O–H groups in total. The number of non-ortho nitro benzene ring substituents is 1. The average Bonchev–Trinajstić information content (AvgIpc) is 2.53. The zero-order chi connectivity index (χ0) is 14.8. The third-order valence-electron chi connectivity index (χ3n) is 3.30. The molecule has 1 amide bonds. The van der Waals surface area contributed by atoms with Crippen LogP contribution in [-0.4, -0.2) is 24.0 Å². The predicted octanol–water partition coefficient (Wildman–Crippen LogP) is 2.63. The van der Waals surface area contributed by atoms with Gasteiger partial charge in [-0.3, -0.25) is 14.9 Å². The molecule has 2 aromatic rings. The van der Waals surface area contributed by atoms with Crippen LogP contribution in [0.15, 0.2) is 48.5 Å². The number of benzene rings is 2. The van der Waals surface area contributed by atoms with Crippen molar-refractivity contribution in [2.75, 3.05) is 18.1 Å². The zero-order valence-electron chi connectivity index (χ0n) is 11.1. The molecule has 6 heteroatoms. The number of rotatable bonds is 2. The Morgan fingerprint density at radius 3 is 2.57 bits per heavy atom. The van der Waals surface area contributed by atoms with Crippen molar-refractivity contribution in [3.05, 3.63) is 64.2 Å². The van der Waals surface area contributed by atoms with Gasteiger partial charge in [0.05, 0.1) is 17.2 Å². The number of ether oxygens (including phenoxy) is 1. The molecular weight excluding hydrogens is 272 g/mol. The summed E-state index contributed by atoms with van der Waals surface area (Å²) in [6.07, 6.45) is 0. The molecule has 3 rings (SSSR count). The van der Waals surface area contributed by atoms with Crippen molar-refractivity contribution in [2.24, 2.45) is 0 Å². The highest BCUT2D eigenvalue weighted by atomic mass is 16.6. The summed E-state index contributed by atoms with van der Waals surface area (Å²) in [6, 6.07) is 12.9. The number of hydrogen-bond donors (Lipinski definition) is 0. The maximum absolute atomic E-state index is 12.5. The van der Waals surface area contributed by atoms with E-state index in [2.05, 4.69) is 0 Å². The highest BCUT2D eigenvalue weighted by Crippen LogP contribution is 2.32. The quantitative estimate of drug-likeness (QED) is 0.627. The Morgan fingerprint density at radius 1 is 1.14 bits per heavy atom. The summed E-state index contributed by atoms with van der Waals surface area (Å²) in [5.74, 6) is 0.472. The van der Waals surface area contributed by atoms with E-state index in [4.69, 9.17) is 4.74 Å². The molecule has 1 aliphatic rings. The van der Waals surface area contributed by atoms with Crippen LogP contribution in [0.2, 0.25) is 0 Å². The van der Waals surface area contributed by atoms with Crippen LogP contribution in [0.3, 0.4) is 0 Å². The summed E-state index contributed by atoms with van der Waals surface area (Å²) in [5.41, 5.74) is 1.10. The number of hydrogen-bond acceptors (Lipinski definition) is 4. The summed E-state index contributed by atoms with van der Waals surface area (Å²) < 4.78 is 5.51. The molecule has 0 fully saturated rings. The van der Waals surface area contributed by atoms with Gasteiger partial charge in [-0.2, -0.15) is 0 Å². The lowest BCUT2D eigenvalue weighted by molar-refractivity contribution is -0.384. The number of carbonyl (C=O) groups is 1. The lowest BCUT2D eigenvalue weighted by Crippen LogP contribution is -2.37. The summed E-state index contributed by atoms with van der Waals surface area (Å²) in [7, 11) is 0. The Labute approximate surface area is 120 Å². The minimum absolute atomic E-state index is 0.0334. The Hall–Kier alpha value is -2.89. The summed E-state index contributed by atoms with van der Waals surface area (Å²) in [4.78, 5) is 24.3. The number of anilines is 1. The first-order valence-corrected chi connectivity index (χ1v) is 6.45. The van der Waals surface area contributed by atoms with Gasteiger partial charge in [0.1, 0.15) is 12.4 Å². The van der Waals surface area contributed by atoms with Gasteiger partial charge in [-0.25, -0.2) is 0 Å². The largest absolute Gasteiger partial charge is 0.490 e. The van der Waals surface area contributed by atoms with E-state index in [1.165, 1.54) is 24.3 Å². The predicted molar refractivity (Wildman–Crippen MR) is 76.7 cm³/mol. The van der Waals surface area contributed by atoms with Crippen LogP contribution >= 0.6 is 0 Å². The molecule has 1 aliphatic heterocycles. The van der Waals surface area contributed by atoms with Crippen molar-refractivity contribution in [1.82, 2.24) is 0 Å². The van der Waals surface area contributed by atoms with Crippen molar-refractivity contribution in [1.29, 1.82) is 0 Å². The minimum Gasteiger partial charge on any atom is -0.490 e. The van der Waals surface area contributed by atoms with E-state index in [-0.39, 0.29) is 11.6 Å². The SMILES string of the molecule is O=C(c1ccc([N+](=O)[O-])cc1)N1CCOc2ccccc21. The van der Waals surface area contributed by atoms with Crippen LogP contribution in [-0.2, 0) is 0 Å². The number of fused-ring (bicyclic) bond motifs is 1. The highest BCUT2D eigenvalue weighted by molar-refractivity contribution is 6.07. The first-order chi connectivity index (χ1) is 10.2. The van der Waals surface area contributed by atoms with Crippen LogP contribution in [0, 0.1) is 10.1 Å². The lowest BCUT2D eigenvalue weighted by Gasteiger charge is -2.29. The number of para-hydroxylation sites is 2. The Balaban J connectivity index is 1.91. The van der Waals surface area contributed by atoms with E-state index in [0.29, 0.717) is 30.2 Å². The van der Waals surface area contributed by atoms with E-state index in [0.717, 1.165) is 0 Å². The molecule has 0 aromatic heterocycles. The summed E-state index contributed by atoms with van der Waals surface area (Å²) >= 11 is 0. The smallest absolute Gasteiger partial charge is 0.269 e. The molecule has 0 aliphatic carbocycles. The van der Waals surface area contributed by atoms with Gasteiger partial charge in [0.15, 0.2) is 0 Å². The summed E-state index contributed by atoms with van der Waals surface area (Å²) in [5, 5.41) is 10.6. The van der Waals surface area contributed by atoms with E-state index < -0.39 is 4.92 Å². The second kappa shape index (κ2) is 5.24. The van der Waals surface area contributed by atoms with E-state index in [1.54, 1.807) is 4.90 Å². The van der Waals surface area contributed by atoms with Crippen molar-refractivity contribution >= 4 is 17.3 Å². The second-order valence-electron chi connectivity index (χ2n) is 4.58. The third-order valence-corrected chi connectivity index (χ3v) is 3.30. The first kappa shape index (κ1) is 13.1. The van der Waals surface area contributed by atoms with Gasteiger partial charge in [0.2, 0.25) is 0 Å². The van der Waals surface area contributed by atoms with Gasteiger partial charge >= 0.3 is 0 Å². The van der Waals surface area contributed by atoms with Crippen LogP contribution in [0.25, 0.3) is 0 Å². The van der Waals surface area contributed by atoms with E-state index in [9.17, 15) is 14.9 Å². The zero-order valence-corrected chi connectivity index (χ0v) is 11.1. The Bertz CT molecular complexity index is 697. The average molecular weight is 284 g/mol. The highest BCUT2D eigenvalue weighted by Gasteiger charge is 2.24. The molecule has 1 heterocycles. The van der Waals surface area contributed by atoms with Gasteiger partial charge in [-0.15, -0.1) is 0 Å².